The van der Waals surface area contributed by atoms with Gasteiger partial charge < -0.3 is 35.5 Å². The van der Waals surface area contributed by atoms with Crippen LogP contribution in [0.1, 0.15) is 86.7 Å². The van der Waals surface area contributed by atoms with Gasteiger partial charge in [-0.2, -0.15) is 0 Å². The molecule has 0 aromatic heterocycles. The molecule has 0 bridgehead atoms. The number of rotatable bonds is 13. The van der Waals surface area contributed by atoms with Crippen molar-refractivity contribution in [2.45, 2.75) is 75.7 Å². The second kappa shape index (κ2) is 18.3. The second-order valence-corrected chi connectivity index (χ2v) is 14.2. The molecule has 2 fully saturated rings. The molecular formula is C43H47F3N4O7. The molecule has 0 radical (unpaired) electrons. The highest BCUT2D eigenvalue weighted by molar-refractivity contribution is 5.75. The zero-order valence-electron chi connectivity index (χ0n) is 32.1. The molecule has 14 heteroatoms. The summed E-state index contributed by atoms with van der Waals surface area (Å²) >= 11 is 0. The Labute approximate surface area is 329 Å². The van der Waals surface area contributed by atoms with Gasteiger partial charge in [-0.1, -0.05) is 48.5 Å². The zero-order valence-corrected chi connectivity index (χ0v) is 32.1. The SMILES string of the molecule is COc1ccc([C@H](C)N2CCC(CCC(N)=O)(c3ccc(F)cc3)OC2=O)cc1.C[C@@H](c1cccc(F)c1)N1CCC(CCC(N)=O)(c2ccc(F)cc2)OC1=O. The van der Waals surface area contributed by atoms with E-state index in [9.17, 15) is 32.3 Å². The van der Waals surface area contributed by atoms with Crippen molar-refractivity contribution in [3.8, 4) is 5.75 Å². The lowest BCUT2D eigenvalue weighted by Crippen LogP contribution is -2.49. The minimum atomic E-state index is -1.06. The lowest BCUT2D eigenvalue weighted by molar-refractivity contribution is -0.121. The van der Waals surface area contributed by atoms with E-state index in [4.69, 9.17) is 25.7 Å². The van der Waals surface area contributed by atoms with Crippen LogP contribution in [0.4, 0.5) is 22.8 Å². The summed E-state index contributed by atoms with van der Waals surface area (Å²) in [6.45, 7) is 4.50. The van der Waals surface area contributed by atoms with Crippen molar-refractivity contribution in [1.29, 1.82) is 0 Å². The zero-order chi connectivity index (χ0) is 41.3. The van der Waals surface area contributed by atoms with Gasteiger partial charge >= 0.3 is 12.2 Å². The average molecular weight is 789 g/mol. The molecule has 4 atom stereocenters. The van der Waals surface area contributed by atoms with Crippen molar-refractivity contribution < 1.29 is 46.6 Å². The Hall–Kier alpha value is -6.05. The van der Waals surface area contributed by atoms with Crippen LogP contribution in [-0.2, 0) is 30.3 Å². The van der Waals surface area contributed by atoms with Gasteiger partial charge in [0.2, 0.25) is 11.8 Å². The topological polar surface area (TPSA) is 154 Å². The van der Waals surface area contributed by atoms with Gasteiger partial charge in [-0.05, 0) is 84.6 Å². The quantitative estimate of drug-likeness (QED) is 0.140. The summed E-state index contributed by atoms with van der Waals surface area (Å²) < 4.78 is 57.1. The third kappa shape index (κ3) is 10.2. The lowest BCUT2D eigenvalue weighted by Gasteiger charge is -2.43. The van der Waals surface area contributed by atoms with Crippen LogP contribution in [0, 0.1) is 17.5 Å². The number of nitrogens with two attached hydrogens (primary N) is 2. The van der Waals surface area contributed by atoms with Crippen molar-refractivity contribution in [3.05, 3.63) is 137 Å². The van der Waals surface area contributed by atoms with Gasteiger partial charge in [-0.25, -0.2) is 22.8 Å². The van der Waals surface area contributed by atoms with Gasteiger partial charge in [0.15, 0.2) is 0 Å². The van der Waals surface area contributed by atoms with Gasteiger partial charge in [0.25, 0.3) is 0 Å². The molecule has 4 aromatic rings. The standard InChI is InChI=1S/C22H25FN2O4.C21H22F2N2O3/c1-15(16-3-9-19(28-2)10-4-16)25-14-13-22(29-21(25)27,12-11-20(24)26)17-5-7-18(23)8-6-17;1-14(15-3-2-4-18(23)13-15)25-12-11-21(28-20(25)27,10-9-19(24)26)16-5-7-17(22)8-6-16/h3-10,15H,11-14H2,1-2H3,(H2,24,26);2-8,13-14H,9-12H2,1H3,(H2,24,26)/t15-,22?;14-,21?/m00/s1. The van der Waals surface area contributed by atoms with Crippen LogP contribution in [0.15, 0.2) is 97.1 Å². The number of primary amides is 2. The predicted molar refractivity (Wildman–Crippen MR) is 205 cm³/mol. The van der Waals surface area contributed by atoms with Crippen LogP contribution in [0.25, 0.3) is 0 Å². The number of amides is 4. The fraction of sp³-hybridized carbons (Fsp3) is 0.349. The molecule has 4 amide bonds. The summed E-state index contributed by atoms with van der Waals surface area (Å²) in [6, 6.07) is 24.5. The van der Waals surface area contributed by atoms with Gasteiger partial charge in [0, 0.05) is 51.6 Å². The predicted octanol–water partition coefficient (Wildman–Crippen LogP) is 7.93. The Morgan fingerprint density at radius 2 is 1.11 bits per heavy atom. The smallest absolute Gasteiger partial charge is 0.411 e. The van der Waals surface area contributed by atoms with Crippen LogP contribution < -0.4 is 16.2 Å². The molecule has 2 aliphatic heterocycles. The molecule has 4 N–H and O–H groups in total. The maximum Gasteiger partial charge on any atom is 0.411 e. The number of cyclic esters (lactones) is 2. The minimum absolute atomic E-state index is 0.0319. The largest absolute Gasteiger partial charge is 0.497 e. The first-order valence-corrected chi connectivity index (χ1v) is 18.6. The van der Waals surface area contributed by atoms with Crippen LogP contribution in [0.2, 0.25) is 0 Å². The number of carbonyl (C=O) groups excluding carboxylic acids is 4. The highest BCUT2D eigenvalue weighted by Gasteiger charge is 2.45. The molecule has 0 spiro atoms. The maximum atomic E-state index is 13.5. The number of hydrogen-bond acceptors (Lipinski definition) is 7. The van der Waals surface area contributed by atoms with Crippen molar-refractivity contribution in [2.75, 3.05) is 20.2 Å². The molecular weight excluding hydrogens is 741 g/mol. The summed E-state index contributed by atoms with van der Waals surface area (Å²) in [4.78, 5) is 51.6. The van der Waals surface area contributed by atoms with E-state index in [2.05, 4.69) is 0 Å². The number of nitrogens with zero attached hydrogens (tertiary/aromatic N) is 2. The Kier molecular flexibility index (Phi) is 13.5. The number of benzene rings is 4. The van der Waals surface area contributed by atoms with Gasteiger partial charge in [0.05, 0.1) is 19.2 Å². The van der Waals surface area contributed by atoms with E-state index in [1.54, 1.807) is 55.3 Å². The fourth-order valence-corrected chi connectivity index (χ4v) is 7.26. The van der Waals surface area contributed by atoms with Crippen LogP contribution in [0.3, 0.4) is 0 Å². The monoisotopic (exact) mass is 788 g/mol. The van der Waals surface area contributed by atoms with E-state index in [0.29, 0.717) is 42.6 Å². The van der Waals surface area contributed by atoms with E-state index >= 15 is 0 Å². The summed E-state index contributed by atoms with van der Waals surface area (Å²) in [5.41, 5.74) is 11.4. The Bertz CT molecular complexity index is 2030. The molecule has 6 rings (SSSR count). The molecule has 0 aliphatic carbocycles. The Morgan fingerprint density at radius 3 is 1.49 bits per heavy atom. The molecule has 2 unspecified atom stereocenters. The third-order valence-corrected chi connectivity index (χ3v) is 10.7. The van der Waals surface area contributed by atoms with E-state index in [0.717, 1.165) is 11.3 Å². The van der Waals surface area contributed by atoms with Crippen molar-refractivity contribution in [3.63, 3.8) is 0 Å². The summed E-state index contributed by atoms with van der Waals surface area (Å²) in [6.07, 6.45) is 0.384. The summed E-state index contributed by atoms with van der Waals surface area (Å²) in [7, 11) is 1.60. The van der Waals surface area contributed by atoms with Gasteiger partial charge in [-0.15, -0.1) is 0 Å². The lowest BCUT2D eigenvalue weighted by atomic mass is 9.84. The molecule has 2 aliphatic rings. The first-order valence-electron chi connectivity index (χ1n) is 18.6. The summed E-state index contributed by atoms with van der Waals surface area (Å²) in [5.74, 6) is -1.40. The van der Waals surface area contributed by atoms with E-state index in [1.165, 1.54) is 41.3 Å². The molecule has 11 nitrogen and oxygen atoms in total. The van der Waals surface area contributed by atoms with E-state index < -0.39 is 41.0 Å². The Balaban J connectivity index is 0.000000218. The molecule has 57 heavy (non-hydrogen) atoms. The summed E-state index contributed by atoms with van der Waals surface area (Å²) in [5, 5.41) is 0. The number of hydrogen-bond donors (Lipinski definition) is 2. The van der Waals surface area contributed by atoms with Crippen LogP contribution in [0.5, 0.6) is 5.75 Å². The number of methoxy groups -OCH3 is 1. The normalized spacial score (nSPS) is 20.3. The van der Waals surface area contributed by atoms with Crippen LogP contribution in [-0.4, -0.2) is 54.0 Å². The number of halogens is 3. The van der Waals surface area contributed by atoms with E-state index in [1.807, 2.05) is 31.2 Å². The molecule has 2 heterocycles. The minimum Gasteiger partial charge on any atom is -0.497 e. The first kappa shape index (κ1) is 42.1. The Morgan fingerprint density at radius 1 is 0.667 bits per heavy atom. The molecule has 2 saturated heterocycles. The van der Waals surface area contributed by atoms with E-state index in [-0.39, 0.29) is 49.4 Å². The highest BCUT2D eigenvalue weighted by atomic mass is 19.1. The average Bonchev–Trinajstić information content (AvgIpc) is 3.19. The maximum absolute atomic E-state index is 13.5. The molecule has 4 aromatic carbocycles. The van der Waals surface area contributed by atoms with Crippen molar-refractivity contribution in [1.82, 2.24) is 9.80 Å². The fourth-order valence-electron chi connectivity index (χ4n) is 7.26. The van der Waals surface area contributed by atoms with Crippen LogP contribution >= 0.6 is 0 Å². The first-order chi connectivity index (χ1) is 27.1. The second-order valence-electron chi connectivity index (χ2n) is 14.2. The third-order valence-electron chi connectivity index (χ3n) is 10.7. The van der Waals surface area contributed by atoms with Crippen molar-refractivity contribution in [2.24, 2.45) is 11.5 Å². The van der Waals surface area contributed by atoms with Gasteiger partial charge in [0.1, 0.15) is 34.4 Å². The van der Waals surface area contributed by atoms with Crippen molar-refractivity contribution >= 4 is 24.0 Å². The highest BCUT2D eigenvalue weighted by Crippen LogP contribution is 2.42. The molecule has 0 saturated carbocycles. The van der Waals surface area contributed by atoms with Gasteiger partial charge in [-0.3, -0.25) is 9.59 Å². The molecule has 302 valence electrons. The number of carbonyl (C=O) groups is 4. The number of ether oxygens (including phenoxy) is 3.